The fraction of sp³-hybridized carbons (Fsp3) is 0.562. The van der Waals surface area contributed by atoms with E-state index in [0.29, 0.717) is 25.1 Å². The molecule has 1 amide bonds. The topological polar surface area (TPSA) is 91.8 Å². The van der Waals surface area contributed by atoms with Crippen molar-refractivity contribution in [2.45, 2.75) is 44.9 Å². The normalized spacial score (nSPS) is 20.0. The molecular weight excluding hydrogens is 298 g/mol. The maximum Gasteiger partial charge on any atom is 0.407 e. The molecule has 0 unspecified atom stereocenters. The van der Waals surface area contributed by atoms with Crippen LogP contribution in [0.1, 0.15) is 38.8 Å². The third-order valence-electron chi connectivity index (χ3n) is 3.56. The van der Waals surface area contributed by atoms with Gasteiger partial charge in [-0.05, 0) is 44.9 Å². The van der Waals surface area contributed by atoms with Crippen molar-refractivity contribution in [3.05, 3.63) is 30.1 Å². The highest BCUT2D eigenvalue weighted by atomic mass is 16.6. The lowest BCUT2D eigenvalue weighted by Crippen LogP contribution is -2.41. The first kappa shape index (κ1) is 17.2. The Labute approximate surface area is 135 Å². The number of likely N-dealkylation sites (tertiary alicyclic amines) is 1. The van der Waals surface area contributed by atoms with Gasteiger partial charge in [0.2, 0.25) is 0 Å². The standard InChI is InChI=1S/C16H23N3O4/c1-16(2,3)23-15(22)18-12-6-9-19(10-12)13(14(20)21)11-4-7-17-8-5-11/h4-5,7-8,12-13H,6,9-10H2,1-3H3,(H,18,22)(H,20,21)/t12-,13-/m1/s1. The second kappa shape index (κ2) is 6.95. The molecule has 0 aliphatic carbocycles. The molecule has 7 nitrogen and oxygen atoms in total. The number of carboxylic acids is 1. The lowest BCUT2D eigenvalue weighted by molar-refractivity contribution is -0.143. The summed E-state index contributed by atoms with van der Waals surface area (Å²) >= 11 is 0. The molecule has 1 aliphatic rings. The van der Waals surface area contributed by atoms with E-state index in [0.717, 1.165) is 0 Å². The van der Waals surface area contributed by atoms with E-state index in [4.69, 9.17) is 4.74 Å². The van der Waals surface area contributed by atoms with Gasteiger partial charge in [0.25, 0.3) is 0 Å². The first-order valence-corrected chi connectivity index (χ1v) is 7.62. The van der Waals surface area contributed by atoms with Crippen LogP contribution in [0.4, 0.5) is 4.79 Å². The molecule has 1 aromatic heterocycles. The second-order valence-corrected chi connectivity index (χ2v) is 6.65. The fourth-order valence-electron chi connectivity index (χ4n) is 2.67. The van der Waals surface area contributed by atoms with Gasteiger partial charge in [0.15, 0.2) is 0 Å². The summed E-state index contributed by atoms with van der Waals surface area (Å²) in [5, 5.41) is 12.3. The second-order valence-electron chi connectivity index (χ2n) is 6.65. The van der Waals surface area contributed by atoms with E-state index in [-0.39, 0.29) is 6.04 Å². The average Bonchev–Trinajstić information content (AvgIpc) is 2.85. The zero-order valence-corrected chi connectivity index (χ0v) is 13.7. The van der Waals surface area contributed by atoms with E-state index < -0.39 is 23.7 Å². The molecule has 0 spiro atoms. The van der Waals surface area contributed by atoms with Crippen molar-refractivity contribution in [3.8, 4) is 0 Å². The Morgan fingerprint density at radius 3 is 2.61 bits per heavy atom. The number of aromatic nitrogens is 1. The van der Waals surface area contributed by atoms with Gasteiger partial charge in [-0.3, -0.25) is 14.7 Å². The minimum absolute atomic E-state index is 0.117. The quantitative estimate of drug-likeness (QED) is 0.879. The zero-order valence-electron chi connectivity index (χ0n) is 13.7. The van der Waals surface area contributed by atoms with Crippen molar-refractivity contribution >= 4 is 12.1 Å². The summed E-state index contributed by atoms with van der Waals surface area (Å²) in [6.07, 6.45) is 3.38. The molecule has 23 heavy (non-hydrogen) atoms. The molecule has 2 rings (SSSR count). The molecule has 7 heteroatoms. The summed E-state index contributed by atoms with van der Waals surface area (Å²) in [7, 11) is 0. The number of carbonyl (C=O) groups excluding carboxylic acids is 1. The van der Waals surface area contributed by atoms with Gasteiger partial charge in [-0.15, -0.1) is 0 Å². The molecule has 2 N–H and O–H groups in total. The van der Waals surface area contributed by atoms with E-state index in [1.807, 2.05) is 4.90 Å². The number of pyridine rings is 1. The van der Waals surface area contributed by atoms with Gasteiger partial charge < -0.3 is 15.2 Å². The molecule has 1 fully saturated rings. The molecule has 1 saturated heterocycles. The molecule has 2 heterocycles. The van der Waals surface area contributed by atoms with Crippen LogP contribution in [-0.2, 0) is 9.53 Å². The number of ether oxygens (including phenoxy) is 1. The van der Waals surface area contributed by atoms with Gasteiger partial charge in [-0.25, -0.2) is 4.79 Å². The van der Waals surface area contributed by atoms with Crippen molar-refractivity contribution in [2.75, 3.05) is 13.1 Å². The van der Waals surface area contributed by atoms with Gasteiger partial charge in [-0.2, -0.15) is 0 Å². The van der Waals surface area contributed by atoms with Crippen molar-refractivity contribution in [1.82, 2.24) is 15.2 Å². The zero-order chi connectivity index (χ0) is 17.0. The van der Waals surface area contributed by atoms with Crippen LogP contribution >= 0.6 is 0 Å². The van der Waals surface area contributed by atoms with Crippen LogP contribution in [0.3, 0.4) is 0 Å². The molecule has 0 aromatic carbocycles. The van der Waals surface area contributed by atoms with E-state index in [9.17, 15) is 14.7 Å². The van der Waals surface area contributed by atoms with Gasteiger partial charge in [0.05, 0.1) is 0 Å². The van der Waals surface area contributed by atoms with Crippen LogP contribution in [0.15, 0.2) is 24.5 Å². The van der Waals surface area contributed by atoms with Crippen LogP contribution in [0.2, 0.25) is 0 Å². The number of hydrogen-bond acceptors (Lipinski definition) is 5. The third kappa shape index (κ3) is 4.92. The number of carboxylic acid groups (broad SMARTS) is 1. The molecule has 2 atom stereocenters. The lowest BCUT2D eigenvalue weighted by atomic mass is 10.1. The third-order valence-corrected chi connectivity index (χ3v) is 3.56. The summed E-state index contributed by atoms with van der Waals surface area (Å²) < 4.78 is 5.23. The molecule has 0 saturated carbocycles. The van der Waals surface area contributed by atoms with Crippen LogP contribution in [0.25, 0.3) is 0 Å². The summed E-state index contributed by atoms with van der Waals surface area (Å²) in [5.74, 6) is -0.908. The number of aliphatic carboxylic acids is 1. The molecule has 1 aliphatic heterocycles. The Bertz CT molecular complexity index is 556. The summed E-state index contributed by atoms with van der Waals surface area (Å²) in [4.78, 5) is 29.2. The first-order chi connectivity index (χ1) is 10.8. The highest BCUT2D eigenvalue weighted by Gasteiger charge is 2.34. The first-order valence-electron chi connectivity index (χ1n) is 7.62. The van der Waals surface area contributed by atoms with Gasteiger partial charge in [0.1, 0.15) is 11.6 Å². The van der Waals surface area contributed by atoms with Crippen LogP contribution in [-0.4, -0.2) is 51.8 Å². The van der Waals surface area contributed by atoms with Gasteiger partial charge in [-0.1, -0.05) is 0 Å². The maximum absolute atomic E-state index is 11.8. The largest absolute Gasteiger partial charge is 0.480 e. The number of nitrogens with one attached hydrogen (secondary N) is 1. The smallest absolute Gasteiger partial charge is 0.407 e. The van der Waals surface area contributed by atoms with Crippen molar-refractivity contribution in [2.24, 2.45) is 0 Å². The van der Waals surface area contributed by atoms with Crippen molar-refractivity contribution < 1.29 is 19.4 Å². The molecular formula is C16H23N3O4. The molecule has 0 bridgehead atoms. The van der Waals surface area contributed by atoms with Crippen LogP contribution in [0, 0.1) is 0 Å². The Balaban J connectivity index is 1.98. The average molecular weight is 321 g/mol. The summed E-state index contributed by atoms with van der Waals surface area (Å²) in [6, 6.07) is 2.55. The van der Waals surface area contributed by atoms with Gasteiger partial charge >= 0.3 is 12.1 Å². The monoisotopic (exact) mass is 321 g/mol. The van der Waals surface area contributed by atoms with Crippen LogP contribution in [0.5, 0.6) is 0 Å². The van der Waals surface area contributed by atoms with E-state index in [1.165, 1.54) is 0 Å². The Hall–Kier alpha value is -2.15. The van der Waals surface area contributed by atoms with E-state index in [1.54, 1.807) is 45.3 Å². The number of rotatable bonds is 4. The predicted octanol–water partition coefficient (Wildman–Crippen LogP) is 1.81. The SMILES string of the molecule is CC(C)(C)OC(=O)N[C@@H]1CCN([C@@H](C(=O)O)c2ccncc2)C1. The number of carbonyl (C=O) groups is 2. The fourth-order valence-corrected chi connectivity index (χ4v) is 2.67. The number of amides is 1. The molecule has 1 aromatic rings. The van der Waals surface area contributed by atoms with Gasteiger partial charge in [0, 0.05) is 31.5 Å². The number of nitrogens with zero attached hydrogens (tertiary/aromatic N) is 2. The van der Waals surface area contributed by atoms with E-state index >= 15 is 0 Å². The van der Waals surface area contributed by atoms with E-state index in [2.05, 4.69) is 10.3 Å². The highest BCUT2D eigenvalue weighted by molar-refractivity contribution is 5.75. The molecule has 126 valence electrons. The Morgan fingerprint density at radius 2 is 2.04 bits per heavy atom. The Morgan fingerprint density at radius 1 is 1.39 bits per heavy atom. The number of hydrogen-bond donors (Lipinski definition) is 2. The highest BCUT2D eigenvalue weighted by Crippen LogP contribution is 2.25. The minimum Gasteiger partial charge on any atom is -0.480 e. The minimum atomic E-state index is -0.908. The Kier molecular flexibility index (Phi) is 5.20. The number of alkyl carbamates (subject to hydrolysis) is 1. The van der Waals surface area contributed by atoms with Crippen molar-refractivity contribution in [1.29, 1.82) is 0 Å². The lowest BCUT2D eigenvalue weighted by Gasteiger charge is -2.25. The maximum atomic E-state index is 11.8. The summed E-state index contributed by atoms with van der Waals surface area (Å²) in [5.41, 5.74) is 0.133. The predicted molar refractivity (Wildman–Crippen MR) is 84.0 cm³/mol. The molecule has 0 radical (unpaired) electrons. The van der Waals surface area contributed by atoms with Crippen molar-refractivity contribution in [3.63, 3.8) is 0 Å². The summed E-state index contributed by atoms with van der Waals surface area (Å²) in [6.45, 7) is 6.48. The van der Waals surface area contributed by atoms with Crippen LogP contribution < -0.4 is 5.32 Å².